The maximum Gasteiger partial charge on any atom is 0.130 e. The van der Waals surface area contributed by atoms with Crippen molar-refractivity contribution in [3.8, 4) is 0 Å². The van der Waals surface area contributed by atoms with Crippen LogP contribution in [0, 0.1) is 6.92 Å². The second-order valence-corrected chi connectivity index (χ2v) is 5.18. The van der Waals surface area contributed by atoms with Gasteiger partial charge in [0.05, 0.1) is 5.69 Å². The summed E-state index contributed by atoms with van der Waals surface area (Å²) in [7, 11) is 1.90. The van der Waals surface area contributed by atoms with E-state index in [0.717, 1.165) is 30.2 Å². The molecule has 1 N–H and O–H groups in total. The number of nitrogens with one attached hydrogen (secondary N) is 1. The molecule has 0 aliphatic carbocycles. The first-order valence-electron chi connectivity index (χ1n) is 6.01. The standard InChI is InChI=1S/C12H20ClN3/c1-4-12(6-5-7-14-12)8-10-9(2)15-16(3)11(10)13/h14H,4-8H2,1-3H3. The highest BCUT2D eigenvalue weighted by atomic mass is 35.5. The average molecular weight is 242 g/mol. The number of rotatable bonds is 3. The molecule has 0 spiro atoms. The van der Waals surface area contributed by atoms with E-state index in [1.54, 1.807) is 4.68 Å². The molecule has 1 unspecified atom stereocenters. The van der Waals surface area contributed by atoms with Crippen LogP contribution in [0.5, 0.6) is 0 Å². The highest BCUT2D eigenvalue weighted by molar-refractivity contribution is 6.30. The van der Waals surface area contributed by atoms with Crippen LogP contribution >= 0.6 is 11.6 Å². The fourth-order valence-corrected chi connectivity index (χ4v) is 2.90. The number of aryl methyl sites for hydroxylation is 2. The summed E-state index contributed by atoms with van der Waals surface area (Å²) in [6.45, 7) is 5.42. The Morgan fingerprint density at radius 2 is 2.31 bits per heavy atom. The lowest BCUT2D eigenvalue weighted by Crippen LogP contribution is -2.41. The van der Waals surface area contributed by atoms with Crippen LogP contribution in [-0.2, 0) is 13.5 Å². The van der Waals surface area contributed by atoms with Gasteiger partial charge in [-0.3, -0.25) is 4.68 Å². The van der Waals surface area contributed by atoms with Crippen LogP contribution in [0.1, 0.15) is 37.4 Å². The van der Waals surface area contributed by atoms with Crippen molar-refractivity contribution in [3.63, 3.8) is 0 Å². The molecule has 0 amide bonds. The van der Waals surface area contributed by atoms with Gasteiger partial charge >= 0.3 is 0 Å². The van der Waals surface area contributed by atoms with Crippen molar-refractivity contribution in [2.24, 2.45) is 7.05 Å². The minimum atomic E-state index is 0.247. The molecule has 0 aromatic carbocycles. The predicted octanol–water partition coefficient (Wildman–Crippen LogP) is 2.46. The van der Waals surface area contributed by atoms with Crippen LogP contribution in [0.25, 0.3) is 0 Å². The second-order valence-electron chi connectivity index (χ2n) is 4.82. The summed E-state index contributed by atoms with van der Waals surface area (Å²) >= 11 is 6.28. The summed E-state index contributed by atoms with van der Waals surface area (Å²) < 4.78 is 1.77. The molecule has 0 radical (unpaired) electrons. The summed E-state index contributed by atoms with van der Waals surface area (Å²) in [6, 6.07) is 0. The molecule has 1 saturated heterocycles. The lowest BCUT2D eigenvalue weighted by Gasteiger charge is -2.28. The van der Waals surface area contributed by atoms with E-state index >= 15 is 0 Å². The SMILES string of the molecule is CCC1(Cc2c(C)nn(C)c2Cl)CCCN1. The number of nitrogens with zero attached hydrogens (tertiary/aromatic N) is 2. The third-order valence-electron chi connectivity index (χ3n) is 3.79. The van der Waals surface area contributed by atoms with Crippen LogP contribution in [0.4, 0.5) is 0 Å². The van der Waals surface area contributed by atoms with Crippen LogP contribution in [0.15, 0.2) is 0 Å². The molecule has 0 saturated carbocycles. The molecule has 90 valence electrons. The van der Waals surface area contributed by atoms with Crippen LogP contribution in [0.3, 0.4) is 0 Å². The average Bonchev–Trinajstić information content (AvgIpc) is 2.81. The molecule has 16 heavy (non-hydrogen) atoms. The number of hydrogen-bond acceptors (Lipinski definition) is 2. The maximum absolute atomic E-state index is 6.28. The highest BCUT2D eigenvalue weighted by Crippen LogP contribution is 2.31. The quantitative estimate of drug-likeness (QED) is 0.881. The van der Waals surface area contributed by atoms with Gasteiger partial charge in [-0.1, -0.05) is 18.5 Å². The van der Waals surface area contributed by atoms with Crippen molar-refractivity contribution in [2.45, 2.75) is 45.1 Å². The van der Waals surface area contributed by atoms with Gasteiger partial charge in [-0.2, -0.15) is 5.10 Å². The Morgan fingerprint density at radius 3 is 2.75 bits per heavy atom. The summed E-state index contributed by atoms with van der Waals surface area (Å²) in [5.74, 6) is 0. The van der Waals surface area contributed by atoms with Crippen molar-refractivity contribution < 1.29 is 0 Å². The molecule has 2 heterocycles. The van der Waals surface area contributed by atoms with E-state index in [1.807, 2.05) is 14.0 Å². The Hall–Kier alpha value is -0.540. The number of aromatic nitrogens is 2. The van der Waals surface area contributed by atoms with Gasteiger partial charge in [-0.25, -0.2) is 0 Å². The van der Waals surface area contributed by atoms with Crippen molar-refractivity contribution in [1.29, 1.82) is 0 Å². The molecular weight excluding hydrogens is 222 g/mol. The lowest BCUT2D eigenvalue weighted by atomic mass is 9.87. The normalized spacial score (nSPS) is 25.2. The number of halogens is 1. The third kappa shape index (κ3) is 1.98. The zero-order valence-electron chi connectivity index (χ0n) is 10.3. The van der Waals surface area contributed by atoms with Crippen LogP contribution in [-0.4, -0.2) is 21.9 Å². The molecule has 2 rings (SSSR count). The van der Waals surface area contributed by atoms with E-state index in [4.69, 9.17) is 11.6 Å². The Morgan fingerprint density at radius 1 is 1.56 bits per heavy atom. The van der Waals surface area contributed by atoms with E-state index in [1.165, 1.54) is 18.4 Å². The Kier molecular flexibility index (Phi) is 3.27. The summed E-state index contributed by atoms with van der Waals surface area (Å²) in [6.07, 6.45) is 4.67. The van der Waals surface area contributed by atoms with Crippen LogP contribution in [0.2, 0.25) is 5.15 Å². The Balaban J connectivity index is 2.25. The zero-order chi connectivity index (χ0) is 11.8. The topological polar surface area (TPSA) is 29.9 Å². The minimum absolute atomic E-state index is 0.247. The van der Waals surface area contributed by atoms with Crippen molar-refractivity contribution in [3.05, 3.63) is 16.4 Å². The smallest absolute Gasteiger partial charge is 0.130 e. The molecule has 1 aliphatic rings. The van der Waals surface area contributed by atoms with Gasteiger partial charge in [-0.15, -0.1) is 0 Å². The van der Waals surface area contributed by atoms with Gasteiger partial charge in [0.15, 0.2) is 0 Å². The van der Waals surface area contributed by atoms with E-state index < -0.39 is 0 Å². The molecule has 1 atom stereocenters. The molecule has 1 aromatic heterocycles. The zero-order valence-corrected chi connectivity index (χ0v) is 11.1. The molecule has 1 aromatic rings. The fourth-order valence-electron chi connectivity index (χ4n) is 2.66. The molecular formula is C12H20ClN3. The first-order chi connectivity index (χ1) is 7.58. The maximum atomic E-state index is 6.28. The first-order valence-corrected chi connectivity index (χ1v) is 6.39. The monoisotopic (exact) mass is 241 g/mol. The lowest BCUT2D eigenvalue weighted by molar-refractivity contribution is 0.359. The number of hydrogen-bond donors (Lipinski definition) is 1. The fraction of sp³-hybridized carbons (Fsp3) is 0.750. The summed E-state index contributed by atoms with van der Waals surface area (Å²) in [4.78, 5) is 0. The molecule has 4 heteroatoms. The van der Waals surface area contributed by atoms with Gasteiger partial charge in [0, 0.05) is 18.2 Å². The second kappa shape index (κ2) is 4.38. The van der Waals surface area contributed by atoms with Crippen LogP contribution < -0.4 is 5.32 Å². The predicted molar refractivity (Wildman–Crippen MR) is 66.9 cm³/mol. The van der Waals surface area contributed by atoms with Crippen molar-refractivity contribution >= 4 is 11.6 Å². The van der Waals surface area contributed by atoms with Crippen molar-refractivity contribution in [2.75, 3.05) is 6.54 Å². The third-order valence-corrected chi connectivity index (χ3v) is 4.27. The molecule has 1 aliphatic heterocycles. The molecule has 0 bridgehead atoms. The van der Waals surface area contributed by atoms with Gasteiger partial charge in [-0.05, 0) is 39.2 Å². The molecule has 3 nitrogen and oxygen atoms in total. The van der Waals surface area contributed by atoms with E-state index in [2.05, 4.69) is 17.3 Å². The van der Waals surface area contributed by atoms with E-state index in [0.29, 0.717) is 0 Å². The Labute approximate surface area is 102 Å². The van der Waals surface area contributed by atoms with Gasteiger partial charge in [0.25, 0.3) is 0 Å². The minimum Gasteiger partial charge on any atom is -0.311 e. The van der Waals surface area contributed by atoms with E-state index in [9.17, 15) is 0 Å². The van der Waals surface area contributed by atoms with Crippen molar-refractivity contribution in [1.82, 2.24) is 15.1 Å². The Bertz CT molecular complexity index is 378. The van der Waals surface area contributed by atoms with Gasteiger partial charge in [0.1, 0.15) is 5.15 Å². The highest BCUT2D eigenvalue weighted by Gasteiger charge is 2.33. The van der Waals surface area contributed by atoms with Gasteiger partial charge in [0.2, 0.25) is 0 Å². The first kappa shape index (κ1) is 11.9. The van der Waals surface area contributed by atoms with Gasteiger partial charge < -0.3 is 5.32 Å². The summed E-state index contributed by atoms with van der Waals surface area (Å²) in [5.41, 5.74) is 2.52. The van der Waals surface area contributed by atoms with E-state index in [-0.39, 0.29) is 5.54 Å². The largest absolute Gasteiger partial charge is 0.311 e. The summed E-state index contributed by atoms with van der Waals surface area (Å²) in [5, 5.41) is 8.80. The molecule has 1 fully saturated rings.